The Hall–Kier alpha value is -1.42. The van der Waals surface area contributed by atoms with Gasteiger partial charge in [-0.2, -0.15) is 0 Å². The molecule has 1 aromatic carbocycles. The Bertz CT molecular complexity index is 393. The van der Waals surface area contributed by atoms with Gasteiger partial charge in [-0.1, -0.05) is 26.0 Å². The number of benzene rings is 1. The van der Waals surface area contributed by atoms with Crippen molar-refractivity contribution in [3.05, 3.63) is 58.5 Å². The summed E-state index contributed by atoms with van der Waals surface area (Å²) in [4.78, 5) is 0. The van der Waals surface area contributed by atoms with Crippen molar-refractivity contribution in [2.45, 2.75) is 26.5 Å². The van der Waals surface area contributed by atoms with Gasteiger partial charge in [0.1, 0.15) is 5.82 Å². The van der Waals surface area contributed by atoms with Crippen LogP contribution in [0, 0.1) is 5.82 Å². The summed E-state index contributed by atoms with van der Waals surface area (Å²) in [6.07, 6.45) is 3.52. The first-order chi connectivity index (χ1) is 8.58. The number of rotatable bonds is 4. The van der Waals surface area contributed by atoms with E-state index in [1.165, 1.54) is 23.9 Å². The highest BCUT2D eigenvalue weighted by molar-refractivity contribution is 8.02. The zero-order valence-electron chi connectivity index (χ0n) is 11.1. The van der Waals surface area contributed by atoms with Gasteiger partial charge in [-0.15, -0.1) is 11.8 Å². The molecule has 2 nitrogen and oxygen atoms in total. The molecule has 100 valence electrons. The molecule has 0 saturated carbocycles. The number of nitrogens with two attached hydrogens (primary N) is 2. The molecule has 0 amide bonds. The summed E-state index contributed by atoms with van der Waals surface area (Å²) in [5.74, 6) is 0.499. The highest BCUT2D eigenvalue weighted by Crippen LogP contribution is 2.17. The molecule has 0 atom stereocenters. The first kappa shape index (κ1) is 16.6. The third-order valence-electron chi connectivity index (χ3n) is 1.83. The van der Waals surface area contributed by atoms with Crippen LogP contribution in [0.1, 0.15) is 26.3 Å². The normalized spacial score (nSPS) is 11.8. The van der Waals surface area contributed by atoms with Gasteiger partial charge in [-0.05, 0) is 36.8 Å². The average molecular weight is 268 g/mol. The lowest BCUT2D eigenvalue weighted by Gasteiger charge is -2.01. The van der Waals surface area contributed by atoms with Crippen molar-refractivity contribution in [1.29, 1.82) is 0 Å². The fourth-order valence-corrected chi connectivity index (χ4v) is 1.70. The minimum Gasteiger partial charge on any atom is -0.402 e. The third-order valence-corrected chi connectivity index (χ3v) is 2.78. The van der Waals surface area contributed by atoms with Gasteiger partial charge >= 0.3 is 0 Å². The van der Waals surface area contributed by atoms with Crippen molar-refractivity contribution in [2.24, 2.45) is 11.5 Å². The van der Waals surface area contributed by atoms with Gasteiger partial charge in [-0.25, -0.2) is 4.39 Å². The monoisotopic (exact) mass is 268 g/mol. The molecule has 4 heteroatoms. The number of hydrogen-bond donors (Lipinski definition) is 2. The largest absolute Gasteiger partial charge is 0.402 e. The van der Waals surface area contributed by atoms with Crippen LogP contribution < -0.4 is 11.5 Å². The molecule has 0 heterocycles. The van der Waals surface area contributed by atoms with E-state index in [9.17, 15) is 4.39 Å². The van der Waals surface area contributed by atoms with Gasteiger partial charge < -0.3 is 11.5 Å². The molecule has 0 unspecified atom stereocenters. The molecule has 0 bridgehead atoms. The Balaban J connectivity index is 0.00000137. The average Bonchev–Trinajstić information content (AvgIpc) is 2.38. The zero-order chi connectivity index (χ0) is 14.0. The molecule has 18 heavy (non-hydrogen) atoms. The molecule has 0 aliphatic carbocycles. The first-order valence-electron chi connectivity index (χ1n) is 5.84. The highest BCUT2D eigenvalue weighted by atomic mass is 32.2. The van der Waals surface area contributed by atoms with Gasteiger partial charge in [0, 0.05) is 11.4 Å². The van der Waals surface area contributed by atoms with Crippen LogP contribution >= 0.6 is 11.8 Å². The van der Waals surface area contributed by atoms with Crippen LogP contribution in [0.3, 0.4) is 0 Å². The summed E-state index contributed by atoms with van der Waals surface area (Å²) < 4.78 is 12.6. The summed E-state index contributed by atoms with van der Waals surface area (Å²) in [7, 11) is 0. The van der Waals surface area contributed by atoms with E-state index in [4.69, 9.17) is 11.5 Å². The van der Waals surface area contributed by atoms with Gasteiger partial charge in [-0.3, -0.25) is 0 Å². The Labute approximate surface area is 113 Å². The lowest BCUT2D eigenvalue weighted by Crippen LogP contribution is -1.94. The zero-order valence-corrected chi connectivity index (χ0v) is 11.9. The van der Waals surface area contributed by atoms with Gasteiger partial charge in [0.2, 0.25) is 0 Å². The molecular formula is C14H21FN2S. The maximum Gasteiger partial charge on any atom is 0.123 e. The molecule has 1 rings (SSSR count). The molecule has 0 fully saturated rings. The highest BCUT2D eigenvalue weighted by Gasteiger charge is 1.95. The standard InChI is InChI=1S/C12H15FN2S.C2H6/c1-9(14)2-7-12(15)16-8-10-3-5-11(13)6-4-10;1-2/h2-7H,8,14-15H2,1H3;1-2H3/b9-2-,12-7+;. The van der Waals surface area contributed by atoms with E-state index in [0.717, 1.165) is 11.3 Å². The Morgan fingerprint density at radius 2 is 1.72 bits per heavy atom. The van der Waals surface area contributed by atoms with E-state index in [2.05, 4.69) is 0 Å². The molecule has 0 aromatic heterocycles. The van der Waals surface area contributed by atoms with Crippen LogP contribution in [0.25, 0.3) is 0 Å². The van der Waals surface area contributed by atoms with E-state index < -0.39 is 0 Å². The smallest absolute Gasteiger partial charge is 0.123 e. The van der Waals surface area contributed by atoms with Crippen LogP contribution in [0.15, 0.2) is 47.1 Å². The van der Waals surface area contributed by atoms with E-state index in [0.29, 0.717) is 10.7 Å². The quantitative estimate of drug-likeness (QED) is 0.818. The molecule has 4 N–H and O–H groups in total. The molecule has 0 saturated heterocycles. The maximum atomic E-state index is 12.6. The number of allylic oxidation sites excluding steroid dienone is 3. The molecule has 0 spiro atoms. The van der Waals surface area contributed by atoms with Crippen LogP contribution in [0.2, 0.25) is 0 Å². The number of halogens is 1. The number of hydrogen-bond acceptors (Lipinski definition) is 3. The topological polar surface area (TPSA) is 52.0 Å². The second-order valence-electron chi connectivity index (χ2n) is 3.39. The Morgan fingerprint density at radius 3 is 2.22 bits per heavy atom. The van der Waals surface area contributed by atoms with E-state index in [-0.39, 0.29) is 5.82 Å². The molecule has 1 aromatic rings. The second-order valence-corrected chi connectivity index (χ2v) is 4.44. The van der Waals surface area contributed by atoms with Crippen molar-refractivity contribution < 1.29 is 4.39 Å². The Kier molecular flexibility index (Phi) is 8.84. The van der Waals surface area contributed by atoms with E-state index in [1.807, 2.05) is 13.8 Å². The predicted molar refractivity (Wildman–Crippen MR) is 79.3 cm³/mol. The number of thioether (sulfide) groups is 1. The summed E-state index contributed by atoms with van der Waals surface area (Å²) in [5.41, 5.74) is 13.0. The summed E-state index contributed by atoms with van der Waals surface area (Å²) in [6, 6.07) is 6.39. The SMILES string of the molecule is C/C(N)=C/C=C(\N)SCc1ccc(F)cc1.CC. The van der Waals surface area contributed by atoms with Crippen LogP contribution in [0.5, 0.6) is 0 Å². The lowest BCUT2D eigenvalue weighted by atomic mass is 10.2. The maximum absolute atomic E-state index is 12.6. The van der Waals surface area contributed by atoms with Gasteiger partial charge in [0.15, 0.2) is 0 Å². The first-order valence-corrected chi connectivity index (χ1v) is 6.83. The Morgan fingerprint density at radius 1 is 1.17 bits per heavy atom. The van der Waals surface area contributed by atoms with Crippen molar-refractivity contribution >= 4 is 11.8 Å². The van der Waals surface area contributed by atoms with Crippen LogP contribution in [0.4, 0.5) is 4.39 Å². The van der Waals surface area contributed by atoms with Crippen molar-refractivity contribution in [2.75, 3.05) is 0 Å². The molecule has 0 aliphatic rings. The van der Waals surface area contributed by atoms with Crippen molar-refractivity contribution in [1.82, 2.24) is 0 Å². The van der Waals surface area contributed by atoms with Gasteiger partial charge in [0.05, 0.1) is 5.03 Å². The summed E-state index contributed by atoms with van der Waals surface area (Å²) in [6.45, 7) is 5.80. The third kappa shape index (κ3) is 7.79. The minimum atomic E-state index is -0.223. The molecule has 0 aliphatic heterocycles. The minimum absolute atomic E-state index is 0.223. The fourth-order valence-electron chi connectivity index (χ4n) is 1.01. The second kappa shape index (κ2) is 9.59. The summed E-state index contributed by atoms with van der Waals surface area (Å²) >= 11 is 1.49. The van der Waals surface area contributed by atoms with Crippen molar-refractivity contribution in [3.8, 4) is 0 Å². The van der Waals surface area contributed by atoms with E-state index >= 15 is 0 Å². The fraction of sp³-hybridized carbons (Fsp3) is 0.286. The van der Waals surface area contributed by atoms with Crippen LogP contribution in [-0.4, -0.2) is 0 Å². The molecule has 0 radical (unpaired) electrons. The predicted octanol–water partition coefficient (Wildman–Crippen LogP) is 3.75. The van der Waals surface area contributed by atoms with Gasteiger partial charge in [0.25, 0.3) is 0 Å². The summed E-state index contributed by atoms with van der Waals surface area (Å²) in [5, 5.41) is 0.689. The molecular weight excluding hydrogens is 247 g/mol. The van der Waals surface area contributed by atoms with Crippen molar-refractivity contribution in [3.63, 3.8) is 0 Å². The van der Waals surface area contributed by atoms with Crippen LogP contribution in [-0.2, 0) is 5.75 Å². The van der Waals surface area contributed by atoms with E-state index in [1.54, 1.807) is 31.2 Å². The lowest BCUT2D eigenvalue weighted by molar-refractivity contribution is 0.627.